The van der Waals surface area contributed by atoms with Crippen molar-refractivity contribution < 1.29 is 9.18 Å². The molecule has 0 spiro atoms. The second-order valence-electron chi connectivity index (χ2n) is 3.39. The summed E-state index contributed by atoms with van der Waals surface area (Å²) in [7, 11) is 0. The van der Waals surface area contributed by atoms with Gasteiger partial charge in [0.05, 0.1) is 4.47 Å². The third-order valence-electron chi connectivity index (χ3n) is 2.10. The summed E-state index contributed by atoms with van der Waals surface area (Å²) in [6.07, 6.45) is 0. The molecular formula is C11H7BrFN3O2. The molecule has 1 heterocycles. The van der Waals surface area contributed by atoms with E-state index in [-0.39, 0.29) is 21.4 Å². The summed E-state index contributed by atoms with van der Waals surface area (Å²) in [5.41, 5.74) is -0.0891. The standard InChI is InChI=1S/C11H7BrFN3O2/c12-7-5-6(1-2-8(7)13)11(18)14-9-3-4-10(17)16-15-9/h1-5H,(H,16,17)(H,14,15,18). The largest absolute Gasteiger partial charge is 0.305 e. The molecule has 1 aromatic carbocycles. The average molecular weight is 312 g/mol. The van der Waals surface area contributed by atoms with Crippen molar-refractivity contribution in [3.8, 4) is 0 Å². The molecule has 0 radical (unpaired) electrons. The highest BCUT2D eigenvalue weighted by Crippen LogP contribution is 2.17. The highest BCUT2D eigenvalue weighted by atomic mass is 79.9. The minimum atomic E-state index is -0.450. The first kappa shape index (κ1) is 12.4. The fraction of sp³-hybridized carbons (Fsp3) is 0. The predicted molar refractivity (Wildman–Crippen MR) is 66.9 cm³/mol. The number of hydrogen-bond acceptors (Lipinski definition) is 3. The number of benzene rings is 1. The van der Waals surface area contributed by atoms with E-state index in [4.69, 9.17) is 0 Å². The monoisotopic (exact) mass is 311 g/mol. The van der Waals surface area contributed by atoms with Crippen LogP contribution in [-0.2, 0) is 0 Å². The maximum atomic E-state index is 13.0. The van der Waals surface area contributed by atoms with Crippen LogP contribution in [0.1, 0.15) is 10.4 Å². The SMILES string of the molecule is O=C(Nc1ccc(=O)[nH]n1)c1ccc(F)c(Br)c1. The topological polar surface area (TPSA) is 74.8 Å². The Hall–Kier alpha value is -2.02. The number of aromatic nitrogens is 2. The number of rotatable bonds is 2. The van der Waals surface area contributed by atoms with E-state index in [1.807, 2.05) is 0 Å². The Morgan fingerprint density at radius 2 is 2.11 bits per heavy atom. The molecular weight excluding hydrogens is 305 g/mol. The first-order chi connectivity index (χ1) is 8.56. The minimum absolute atomic E-state index is 0.199. The molecule has 0 aliphatic carbocycles. The molecule has 0 saturated heterocycles. The Morgan fingerprint density at radius 1 is 1.33 bits per heavy atom. The molecule has 5 nitrogen and oxygen atoms in total. The summed E-state index contributed by atoms with van der Waals surface area (Å²) in [6.45, 7) is 0. The van der Waals surface area contributed by atoms with Gasteiger partial charge in [0.25, 0.3) is 11.5 Å². The summed E-state index contributed by atoms with van der Waals surface area (Å²) >= 11 is 2.99. The molecule has 2 rings (SSSR count). The number of carbonyl (C=O) groups excluding carboxylic acids is 1. The fourth-order valence-electron chi connectivity index (χ4n) is 1.24. The zero-order chi connectivity index (χ0) is 13.1. The van der Waals surface area contributed by atoms with Crippen molar-refractivity contribution in [3.05, 3.63) is 56.5 Å². The maximum Gasteiger partial charge on any atom is 0.264 e. The molecule has 0 bridgehead atoms. The van der Waals surface area contributed by atoms with Crippen LogP contribution in [0.3, 0.4) is 0 Å². The molecule has 7 heteroatoms. The number of carbonyl (C=O) groups is 1. The Morgan fingerprint density at radius 3 is 2.72 bits per heavy atom. The molecule has 1 aromatic heterocycles. The molecule has 1 amide bonds. The van der Waals surface area contributed by atoms with Crippen LogP contribution in [0.4, 0.5) is 10.2 Å². The van der Waals surface area contributed by atoms with Gasteiger partial charge >= 0.3 is 0 Å². The quantitative estimate of drug-likeness (QED) is 0.890. The number of halogens is 2. The second-order valence-corrected chi connectivity index (χ2v) is 4.24. The van der Waals surface area contributed by atoms with E-state index in [1.54, 1.807) is 0 Å². The van der Waals surface area contributed by atoms with Crippen molar-refractivity contribution >= 4 is 27.7 Å². The first-order valence-corrected chi connectivity index (χ1v) is 5.68. The number of nitrogens with one attached hydrogen (secondary N) is 2. The highest BCUT2D eigenvalue weighted by Gasteiger charge is 2.09. The number of H-pyrrole nitrogens is 1. The van der Waals surface area contributed by atoms with Crippen molar-refractivity contribution in [1.82, 2.24) is 10.2 Å². The Balaban J connectivity index is 2.19. The predicted octanol–water partition coefficient (Wildman–Crippen LogP) is 1.92. The van der Waals surface area contributed by atoms with E-state index in [0.717, 1.165) is 0 Å². The van der Waals surface area contributed by atoms with E-state index in [2.05, 4.69) is 31.4 Å². The van der Waals surface area contributed by atoms with Crippen LogP contribution >= 0.6 is 15.9 Å². The van der Waals surface area contributed by atoms with E-state index in [1.165, 1.54) is 30.3 Å². The van der Waals surface area contributed by atoms with Crippen molar-refractivity contribution in [2.45, 2.75) is 0 Å². The van der Waals surface area contributed by atoms with Crippen LogP contribution in [0.15, 0.2) is 39.6 Å². The summed E-state index contributed by atoms with van der Waals surface area (Å²) < 4.78 is 13.2. The van der Waals surface area contributed by atoms with Gasteiger partial charge in [-0.2, -0.15) is 5.10 Å². The number of aromatic amines is 1. The van der Waals surface area contributed by atoms with Gasteiger partial charge in [-0.05, 0) is 40.2 Å². The highest BCUT2D eigenvalue weighted by molar-refractivity contribution is 9.10. The molecule has 18 heavy (non-hydrogen) atoms. The molecule has 0 unspecified atom stereocenters. The summed E-state index contributed by atoms with van der Waals surface area (Å²) in [5.74, 6) is -0.691. The van der Waals surface area contributed by atoms with E-state index in [9.17, 15) is 14.0 Å². The van der Waals surface area contributed by atoms with Crippen LogP contribution in [0.25, 0.3) is 0 Å². The minimum Gasteiger partial charge on any atom is -0.305 e. The molecule has 0 fully saturated rings. The molecule has 0 aliphatic heterocycles. The first-order valence-electron chi connectivity index (χ1n) is 4.88. The summed E-state index contributed by atoms with van der Waals surface area (Å²) in [6, 6.07) is 6.50. The van der Waals surface area contributed by atoms with Crippen molar-refractivity contribution in [3.63, 3.8) is 0 Å². The summed E-state index contributed by atoms with van der Waals surface area (Å²) in [4.78, 5) is 22.6. The van der Waals surface area contributed by atoms with E-state index < -0.39 is 11.7 Å². The zero-order valence-electron chi connectivity index (χ0n) is 8.91. The van der Waals surface area contributed by atoms with Gasteiger partial charge in [0.1, 0.15) is 5.82 Å². The van der Waals surface area contributed by atoms with Gasteiger partial charge in [-0.1, -0.05) is 0 Å². The van der Waals surface area contributed by atoms with Gasteiger partial charge in [0.15, 0.2) is 5.82 Å². The molecule has 2 N–H and O–H groups in total. The van der Waals surface area contributed by atoms with Crippen molar-refractivity contribution in [1.29, 1.82) is 0 Å². The number of amides is 1. The lowest BCUT2D eigenvalue weighted by Crippen LogP contribution is -2.15. The average Bonchev–Trinajstić information content (AvgIpc) is 2.35. The smallest absolute Gasteiger partial charge is 0.264 e. The maximum absolute atomic E-state index is 13.0. The lowest BCUT2D eigenvalue weighted by atomic mass is 10.2. The molecule has 0 aliphatic rings. The van der Waals surface area contributed by atoms with Gasteiger partial charge in [-0.15, -0.1) is 0 Å². The van der Waals surface area contributed by atoms with Crippen LogP contribution in [-0.4, -0.2) is 16.1 Å². The van der Waals surface area contributed by atoms with E-state index in [0.29, 0.717) is 0 Å². The van der Waals surface area contributed by atoms with Gasteiger partial charge < -0.3 is 5.32 Å². The fourth-order valence-corrected chi connectivity index (χ4v) is 1.62. The van der Waals surface area contributed by atoms with Crippen molar-refractivity contribution in [2.75, 3.05) is 5.32 Å². The van der Waals surface area contributed by atoms with Crippen LogP contribution in [0, 0.1) is 5.82 Å². The van der Waals surface area contributed by atoms with Crippen LogP contribution < -0.4 is 10.9 Å². The molecule has 92 valence electrons. The number of hydrogen-bond donors (Lipinski definition) is 2. The Kier molecular flexibility index (Phi) is 3.52. The molecule has 2 aromatic rings. The lowest BCUT2D eigenvalue weighted by Gasteiger charge is -2.04. The second kappa shape index (κ2) is 5.09. The Bertz CT molecular complexity index is 636. The number of nitrogens with zero attached hydrogens (tertiary/aromatic N) is 1. The van der Waals surface area contributed by atoms with E-state index >= 15 is 0 Å². The van der Waals surface area contributed by atoms with Gasteiger partial charge in [-0.3, -0.25) is 9.59 Å². The normalized spacial score (nSPS) is 10.1. The number of anilines is 1. The van der Waals surface area contributed by atoms with Crippen LogP contribution in [0.5, 0.6) is 0 Å². The van der Waals surface area contributed by atoms with Gasteiger partial charge in [0.2, 0.25) is 0 Å². The van der Waals surface area contributed by atoms with Crippen LogP contribution in [0.2, 0.25) is 0 Å². The Labute approximate surface area is 109 Å². The molecule has 0 saturated carbocycles. The van der Waals surface area contributed by atoms with Gasteiger partial charge in [0, 0.05) is 11.6 Å². The lowest BCUT2D eigenvalue weighted by molar-refractivity contribution is 0.102. The molecule has 0 atom stereocenters. The summed E-state index contributed by atoms with van der Waals surface area (Å²) in [5, 5.41) is 8.28. The zero-order valence-corrected chi connectivity index (χ0v) is 10.5. The third kappa shape index (κ3) is 2.80. The van der Waals surface area contributed by atoms with Gasteiger partial charge in [-0.25, -0.2) is 9.49 Å². The third-order valence-corrected chi connectivity index (χ3v) is 2.71. The van der Waals surface area contributed by atoms with Crippen molar-refractivity contribution in [2.24, 2.45) is 0 Å².